The second kappa shape index (κ2) is 6.27. The molecule has 3 unspecified atom stereocenters. The van der Waals surface area contributed by atoms with Crippen LogP contribution in [0.4, 0.5) is 0 Å². The van der Waals surface area contributed by atoms with Crippen LogP contribution in [0.3, 0.4) is 0 Å². The smallest absolute Gasteiger partial charge is 0.0762 e. The monoisotopic (exact) mass is 276 g/mol. The minimum Gasteiger partial charge on any atom is -0.307 e. The van der Waals surface area contributed by atoms with Gasteiger partial charge in [0.25, 0.3) is 0 Å². The summed E-state index contributed by atoms with van der Waals surface area (Å²) in [5, 5.41) is 8.44. The maximum absolute atomic E-state index is 4.69. The molecule has 0 saturated carbocycles. The van der Waals surface area contributed by atoms with Gasteiger partial charge in [-0.25, -0.2) is 0 Å². The molecule has 1 N–H and O–H groups in total. The van der Waals surface area contributed by atoms with Crippen LogP contribution in [0.15, 0.2) is 12.3 Å². The molecule has 4 heteroatoms. The molecule has 0 aliphatic carbocycles. The summed E-state index contributed by atoms with van der Waals surface area (Å²) >= 11 is 0. The van der Waals surface area contributed by atoms with Crippen LogP contribution in [-0.4, -0.2) is 39.9 Å². The lowest BCUT2D eigenvalue weighted by Crippen LogP contribution is -2.44. The van der Waals surface area contributed by atoms with Crippen LogP contribution in [0.25, 0.3) is 0 Å². The molecule has 0 aromatic carbocycles. The summed E-state index contributed by atoms with van der Waals surface area (Å²) in [6, 6.07) is 4.11. The molecule has 112 valence electrons. The third-order valence-electron chi connectivity index (χ3n) is 5.11. The van der Waals surface area contributed by atoms with E-state index in [1.165, 1.54) is 44.5 Å². The number of fused-ring (bicyclic) bond motifs is 1. The Hall–Kier alpha value is -0.870. The van der Waals surface area contributed by atoms with Crippen molar-refractivity contribution in [3.05, 3.63) is 18.0 Å². The molecule has 1 aromatic heterocycles. The fraction of sp³-hybridized carbons (Fsp3) is 0.812. The molecule has 2 saturated heterocycles. The maximum atomic E-state index is 4.69. The number of piperidine rings is 1. The van der Waals surface area contributed by atoms with Crippen molar-refractivity contribution in [1.29, 1.82) is 0 Å². The number of hydrogen-bond acceptors (Lipinski definition) is 3. The van der Waals surface area contributed by atoms with Gasteiger partial charge in [-0.2, -0.15) is 5.10 Å². The third-order valence-corrected chi connectivity index (χ3v) is 5.11. The van der Waals surface area contributed by atoms with Gasteiger partial charge in [0.2, 0.25) is 0 Å². The maximum Gasteiger partial charge on any atom is 0.0762 e. The molecule has 2 aliphatic heterocycles. The Balaban J connectivity index is 1.53. The van der Waals surface area contributed by atoms with Gasteiger partial charge in [-0.3, -0.25) is 9.58 Å². The van der Waals surface area contributed by atoms with E-state index in [9.17, 15) is 0 Å². The summed E-state index contributed by atoms with van der Waals surface area (Å²) < 4.78 is 2.10. The zero-order chi connectivity index (χ0) is 13.9. The van der Waals surface area contributed by atoms with E-state index in [1.807, 2.05) is 0 Å². The largest absolute Gasteiger partial charge is 0.307 e. The molecular weight excluding hydrogens is 248 g/mol. The van der Waals surface area contributed by atoms with Crippen LogP contribution in [0.5, 0.6) is 0 Å². The van der Waals surface area contributed by atoms with Gasteiger partial charge in [0.1, 0.15) is 0 Å². The Morgan fingerprint density at radius 1 is 1.35 bits per heavy atom. The molecule has 0 amide bonds. The number of nitrogens with one attached hydrogen (secondary N) is 1. The minimum atomic E-state index is 0.504. The van der Waals surface area contributed by atoms with Gasteiger partial charge >= 0.3 is 0 Å². The fourth-order valence-corrected chi connectivity index (χ4v) is 3.63. The first kappa shape index (κ1) is 14.1. The van der Waals surface area contributed by atoms with Crippen LogP contribution in [0.2, 0.25) is 0 Å². The van der Waals surface area contributed by atoms with Gasteiger partial charge in [-0.1, -0.05) is 13.3 Å². The van der Waals surface area contributed by atoms with Crippen molar-refractivity contribution in [2.75, 3.05) is 13.1 Å². The molecule has 2 aliphatic rings. The van der Waals surface area contributed by atoms with Crippen molar-refractivity contribution in [1.82, 2.24) is 20.0 Å². The number of aromatic nitrogens is 2. The predicted molar refractivity (Wildman–Crippen MR) is 81.7 cm³/mol. The topological polar surface area (TPSA) is 33.1 Å². The van der Waals surface area contributed by atoms with E-state index in [4.69, 9.17) is 0 Å². The van der Waals surface area contributed by atoms with Gasteiger partial charge in [-0.15, -0.1) is 0 Å². The second-order valence-corrected chi connectivity index (χ2v) is 6.42. The lowest BCUT2D eigenvalue weighted by Gasteiger charge is -2.32. The van der Waals surface area contributed by atoms with Gasteiger partial charge in [0, 0.05) is 37.4 Å². The van der Waals surface area contributed by atoms with Crippen LogP contribution in [0.1, 0.15) is 57.7 Å². The number of nitrogens with zero attached hydrogens (tertiary/aromatic N) is 3. The highest BCUT2D eigenvalue weighted by molar-refractivity contribution is 5.01. The lowest BCUT2D eigenvalue weighted by molar-refractivity contribution is 0.180. The van der Waals surface area contributed by atoms with E-state index in [2.05, 4.69) is 46.1 Å². The first-order valence-corrected chi connectivity index (χ1v) is 8.29. The van der Waals surface area contributed by atoms with Crippen molar-refractivity contribution in [2.24, 2.45) is 0 Å². The van der Waals surface area contributed by atoms with Crippen molar-refractivity contribution >= 4 is 0 Å². The molecule has 1 aromatic rings. The molecule has 0 radical (unpaired) electrons. The van der Waals surface area contributed by atoms with Gasteiger partial charge < -0.3 is 5.32 Å². The van der Waals surface area contributed by atoms with E-state index >= 15 is 0 Å². The quantitative estimate of drug-likeness (QED) is 0.897. The summed E-state index contributed by atoms with van der Waals surface area (Å²) in [6.45, 7) is 7.94. The van der Waals surface area contributed by atoms with Crippen LogP contribution >= 0.6 is 0 Å². The zero-order valence-electron chi connectivity index (χ0n) is 12.9. The Kier molecular flexibility index (Phi) is 4.41. The van der Waals surface area contributed by atoms with E-state index in [0.29, 0.717) is 12.1 Å². The first-order valence-electron chi connectivity index (χ1n) is 8.29. The third kappa shape index (κ3) is 2.91. The summed E-state index contributed by atoms with van der Waals surface area (Å²) in [6.07, 6.45) is 8.72. The highest BCUT2D eigenvalue weighted by Crippen LogP contribution is 2.27. The lowest BCUT2D eigenvalue weighted by atomic mass is 9.99. The molecule has 3 rings (SSSR count). The normalized spacial score (nSPS) is 28.5. The van der Waals surface area contributed by atoms with Crippen molar-refractivity contribution in [2.45, 2.75) is 70.6 Å². The predicted octanol–water partition coefficient (Wildman–Crippen LogP) is 2.57. The summed E-state index contributed by atoms with van der Waals surface area (Å²) in [5.74, 6) is 0. The molecule has 3 heterocycles. The highest BCUT2D eigenvalue weighted by Gasteiger charge is 2.34. The zero-order valence-corrected chi connectivity index (χ0v) is 12.9. The van der Waals surface area contributed by atoms with Crippen molar-refractivity contribution in [3.8, 4) is 0 Å². The van der Waals surface area contributed by atoms with Crippen LogP contribution in [0, 0.1) is 0 Å². The van der Waals surface area contributed by atoms with E-state index in [1.54, 1.807) is 0 Å². The highest BCUT2D eigenvalue weighted by atomic mass is 15.3. The number of hydrogen-bond donors (Lipinski definition) is 1. The molecule has 0 spiro atoms. The summed E-state index contributed by atoms with van der Waals surface area (Å²) in [7, 11) is 0. The molecule has 3 atom stereocenters. The van der Waals surface area contributed by atoms with Crippen LogP contribution < -0.4 is 5.32 Å². The average molecular weight is 276 g/mol. The van der Waals surface area contributed by atoms with Crippen molar-refractivity contribution in [3.63, 3.8) is 0 Å². The van der Waals surface area contributed by atoms with Crippen LogP contribution in [-0.2, 0) is 6.54 Å². The molecule has 20 heavy (non-hydrogen) atoms. The molecular formula is C16H28N4. The minimum absolute atomic E-state index is 0.504. The van der Waals surface area contributed by atoms with Gasteiger partial charge in [0.05, 0.1) is 5.69 Å². The SMILES string of the molecule is CCC(C)n1ccc(CNC2CCN3CCCCC23)n1. The standard InChI is InChI=1S/C16H28N4/c1-3-13(2)20-11-7-14(18-20)12-17-15-8-10-19-9-5-4-6-16(15)19/h7,11,13,15-17H,3-6,8-10,12H2,1-2H3. The number of rotatable bonds is 5. The van der Waals surface area contributed by atoms with E-state index in [-0.39, 0.29) is 0 Å². The molecule has 4 nitrogen and oxygen atoms in total. The van der Waals surface area contributed by atoms with E-state index < -0.39 is 0 Å². The first-order chi connectivity index (χ1) is 9.78. The average Bonchev–Trinajstić information content (AvgIpc) is 3.11. The Morgan fingerprint density at radius 3 is 3.10 bits per heavy atom. The summed E-state index contributed by atoms with van der Waals surface area (Å²) in [5.41, 5.74) is 1.18. The van der Waals surface area contributed by atoms with Gasteiger partial charge in [0.15, 0.2) is 0 Å². The Bertz CT molecular complexity index is 428. The van der Waals surface area contributed by atoms with E-state index in [0.717, 1.165) is 19.0 Å². The summed E-state index contributed by atoms with van der Waals surface area (Å²) in [4.78, 5) is 2.68. The molecule has 2 fully saturated rings. The Morgan fingerprint density at radius 2 is 2.25 bits per heavy atom. The Labute approximate surface area is 122 Å². The second-order valence-electron chi connectivity index (χ2n) is 6.42. The van der Waals surface area contributed by atoms with Crippen molar-refractivity contribution < 1.29 is 0 Å². The van der Waals surface area contributed by atoms with Gasteiger partial charge in [-0.05, 0) is 45.2 Å². The molecule has 0 bridgehead atoms. The fourth-order valence-electron chi connectivity index (χ4n) is 3.63.